The Labute approximate surface area is 89.7 Å². The fourth-order valence-electron chi connectivity index (χ4n) is 1.93. The molecular formula is C12H16FNO. The molecule has 2 nitrogen and oxygen atoms in total. The van der Waals surface area contributed by atoms with Crippen LogP contribution in [0.1, 0.15) is 12.5 Å². The van der Waals surface area contributed by atoms with E-state index in [9.17, 15) is 4.39 Å². The first kappa shape index (κ1) is 10.4. The summed E-state index contributed by atoms with van der Waals surface area (Å²) in [4.78, 5) is 2.20. The summed E-state index contributed by atoms with van der Waals surface area (Å²) in [6, 6.07) is 5.03. The van der Waals surface area contributed by atoms with Crippen LogP contribution in [0, 0.1) is 5.82 Å². The van der Waals surface area contributed by atoms with Gasteiger partial charge in [0, 0.05) is 18.8 Å². The van der Waals surface area contributed by atoms with Crippen molar-refractivity contribution in [3.05, 3.63) is 29.6 Å². The lowest BCUT2D eigenvalue weighted by Crippen LogP contribution is -2.36. The lowest BCUT2D eigenvalue weighted by Gasteiger charge is -2.30. The molecule has 2 rings (SSSR count). The fraction of sp³-hybridized carbons (Fsp3) is 0.500. The smallest absolute Gasteiger partial charge is 0.125 e. The molecule has 1 heterocycles. The van der Waals surface area contributed by atoms with E-state index in [-0.39, 0.29) is 5.82 Å². The molecule has 0 radical (unpaired) electrons. The zero-order chi connectivity index (χ0) is 10.7. The van der Waals surface area contributed by atoms with E-state index in [1.807, 2.05) is 6.07 Å². The molecule has 0 unspecified atom stereocenters. The monoisotopic (exact) mass is 209 g/mol. The zero-order valence-electron chi connectivity index (χ0n) is 9.00. The van der Waals surface area contributed by atoms with Crippen molar-refractivity contribution in [2.45, 2.75) is 13.3 Å². The highest BCUT2D eigenvalue weighted by Gasteiger charge is 2.14. The molecule has 0 spiro atoms. The molecule has 0 amide bonds. The van der Waals surface area contributed by atoms with Crippen molar-refractivity contribution < 1.29 is 9.13 Å². The van der Waals surface area contributed by atoms with Gasteiger partial charge < -0.3 is 9.64 Å². The summed E-state index contributed by atoms with van der Waals surface area (Å²) in [5.74, 6) is -0.159. The van der Waals surface area contributed by atoms with Crippen molar-refractivity contribution in [2.75, 3.05) is 31.2 Å². The van der Waals surface area contributed by atoms with E-state index in [4.69, 9.17) is 4.74 Å². The Balaban J connectivity index is 2.27. The van der Waals surface area contributed by atoms with Gasteiger partial charge in [0.15, 0.2) is 0 Å². The summed E-state index contributed by atoms with van der Waals surface area (Å²) in [6.45, 7) is 5.28. The Morgan fingerprint density at radius 2 is 2.07 bits per heavy atom. The second-order valence-corrected chi connectivity index (χ2v) is 3.73. The van der Waals surface area contributed by atoms with Crippen LogP contribution < -0.4 is 4.90 Å². The van der Waals surface area contributed by atoms with Crippen LogP contribution in [0.5, 0.6) is 0 Å². The Morgan fingerprint density at radius 3 is 2.73 bits per heavy atom. The first-order valence-corrected chi connectivity index (χ1v) is 5.42. The third-order valence-corrected chi connectivity index (χ3v) is 2.78. The second-order valence-electron chi connectivity index (χ2n) is 3.73. The normalized spacial score (nSPS) is 16.8. The fourth-order valence-corrected chi connectivity index (χ4v) is 1.93. The second kappa shape index (κ2) is 4.62. The molecule has 1 aliphatic heterocycles. The molecule has 1 aromatic rings. The number of rotatable bonds is 2. The molecule has 82 valence electrons. The van der Waals surface area contributed by atoms with Gasteiger partial charge in [0.25, 0.3) is 0 Å². The van der Waals surface area contributed by atoms with Gasteiger partial charge in [-0.25, -0.2) is 4.39 Å². The molecule has 0 N–H and O–H groups in total. The predicted molar refractivity (Wildman–Crippen MR) is 58.8 cm³/mol. The van der Waals surface area contributed by atoms with Crippen LogP contribution in [-0.2, 0) is 11.2 Å². The van der Waals surface area contributed by atoms with Crippen LogP contribution in [0.25, 0.3) is 0 Å². The van der Waals surface area contributed by atoms with Crippen molar-refractivity contribution in [2.24, 2.45) is 0 Å². The molecule has 0 aromatic heterocycles. The van der Waals surface area contributed by atoms with E-state index < -0.39 is 0 Å². The van der Waals surface area contributed by atoms with Crippen LogP contribution in [0.2, 0.25) is 0 Å². The number of anilines is 1. The maximum atomic E-state index is 13.2. The molecule has 0 aliphatic carbocycles. The SMILES string of the molecule is CCc1ccc(F)cc1N1CCOCC1. The summed E-state index contributed by atoms with van der Waals surface area (Å²) in [5, 5.41) is 0. The Hall–Kier alpha value is -1.09. The number of ether oxygens (including phenoxy) is 1. The average molecular weight is 209 g/mol. The van der Waals surface area contributed by atoms with Crippen LogP contribution in [0.15, 0.2) is 18.2 Å². The van der Waals surface area contributed by atoms with Gasteiger partial charge in [-0.3, -0.25) is 0 Å². The third-order valence-electron chi connectivity index (χ3n) is 2.78. The third kappa shape index (κ3) is 2.29. The highest BCUT2D eigenvalue weighted by molar-refractivity contribution is 5.54. The van der Waals surface area contributed by atoms with E-state index in [2.05, 4.69) is 11.8 Å². The molecule has 0 saturated carbocycles. The van der Waals surface area contributed by atoms with Gasteiger partial charge in [-0.1, -0.05) is 13.0 Å². The van der Waals surface area contributed by atoms with Gasteiger partial charge in [0.2, 0.25) is 0 Å². The molecule has 3 heteroatoms. The average Bonchev–Trinajstić information content (AvgIpc) is 2.30. The number of hydrogen-bond acceptors (Lipinski definition) is 2. The highest BCUT2D eigenvalue weighted by atomic mass is 19.1. The van der Waals surface area contributed by atoms with Gasteiger partial charge in [0.1, 0.15) is 5.82 Å². The number of halogens is 1. The van der Waals surface area contributed by atoms with Gasteiger partial charge in [-0.15, -0.1) is 0 Å². The van der Waals surface area contributed by atoms with Crippen molar-refractivity contribution in [3.63, 3.8) is 0 Å². The molecule has 1 saturated heterocycles. The minimum absolute atomic E-state index is 0.159. The summed E-state index contributed by atoms with van der Waals surface area (Å²) >= 11 is 0. The maximum Gasteiger partial charge on any atom is 0.125 e. The maximum absolute atomic E-state index is 13.2. The summed E-state index contributed by atoms with van der Waals surface area (Å²) < 4.78 is 18.5. The number of hydrogen-bond donors (Lipinski definition) is 0. The summed E-state index contributed by atoms with van der Waals surface area (Å²) in [5.41, 5.74) is 2.24. The Kier molecular flexibility index (Phi) is 3.21. The Morgan fingerprint density at radius 1 is 1.33 bits per heavy atom. The molecule has 0 bridgehead atoms. The lowest BCUT2D eigenvalue weighted by atomic mass is 10.1. The summed E-state index contributed by atoms with van der Waals surface area (Å²) in [7, 11) is 0. The minimum atomic E-state index is -0.159. The van der Waals surface area contributed by atoms with Crippen molar-refractivity contribution in [3.8, 4) is 0 Å². The number of benzene rings is 1. The predicted octanol–water partition coefficient (Wildman–Crippen LogP) is 2.22. The van der Waals surface area contributed by atoms with E-state index in [0.29, 0.717) is 0 Å². The van der Waals surface area contributed by atoms with Crippen molar-refractivity contribution >= 4 is 5.69 Å². The largest absolute Gasteiger partial charge is 0.378 e. The molecule has 1 aliphatic rings. The zero-order valence-corrected chi connectivity index (χ0v) is 9.00. The first-order chi connectivity index (χ1) is 7.31. The van der Waals surface area contributed by atoms with Gasteiger partial charge in [0.05, 0.1) is 13.2 Å². The van der Waals surface area contributed by atoms with Crippen LogP contribution >= 0.6 is 0 Å². The number of aryl methyl sites for hydroxylation is 1. The standard InChI is InChI=1S/C12H16FNO/c1-2-10-3-4-11(13)9-12(10)14-5-7-15-8-6-14/h3-4,9H,2,5-8H2,1H3. The van der Waals surface area contributed by atoms with E-state index in [1.165, 1.54) is 11.6 Å². The molecule has 1 aromatic carbocycles. The lowest BCUT2D eigenvalue weighted by molar-refractivity contribution is 0.122. The number of nitrogens with zero attached hydrogens (tertiary/aromatic N) is 1. The molecule has 15 heavy (non-hydrogen) atoms. The van der Waals surface area contributed by atoms with Crippen molar-refractivity contribution in [1.29, 1.82) is 0 Å². The molecule has 1 fully saturated rings. The van der Waals surface area contributed by atoms with Gasteiger partial charge in [-0.05, 0) is 24.1 Å². The van der Waals surface area contributed by atoms with Gasteiger partial charge in [-0.2, -0.15) is 0 Å². The topological polar surface area (TPSA) is 12.5 Å². The van der Waals surface area contributed by atoms with E-state index in [0.717, 1.165) is 38.4 Å². The quantitative estimate of drug-likeness (QED) is 0.740. The molecular weight excluding hydrogens is 193 g/mol. The number of morpholine rings is 1. The van der Waals surface area contributed by atoms with Crippen molar-refractivity contribution in [1.82, 2.24) is 0 Å². The van der Waals surface area contributed by atoms with Crippen LogP contribution in [0.3, 0.4) is 0 Å². The van der Waals surface area contributed by atoms with E-state index in [1.54, 1.807) is 6.07 Å². The van der Waals surface area contributed by atoms with Crippen LogP contribution in [-0.4, -0.2) is 26.3 Å². The minimum Gasteiger partial charge on any atom is -0.378 e. The molecule has 0 atom stereocenters. The van der Waals surface area contributed by atoms with E-state index >= 15 is 0 Å². The van der Waals surface area contributed by atoms with Crippen LogP contribution in [0.4, 0.5) is 10.1 Å². The summed E-state index contributed by atoms with van der Waals surface area (Å²) in [6.07, 6.45) is 0.937. The highest BCUT2D eigenvalue weighted by Crippen LogP contribution is 2.23. The van der Waals surface area contributed by atoms with Gasteiger partial charge >= 0.3 is 0 Å². The first-order valence-electron chi connectivity index (χ1n) is 5.42. The Bertz CT molecular complexity index is 334.